The lowest BCUT2D eigenvalue weighted by Gasteiger charge is -2.53. The molecule has 1 aromatic carbocycles. The van der Waals surface area contributed by atoms with Crippen LogP contribution in [0.15, 0.2) is 47.5 Å². The van der Waals surface area contributed by atoms with E-state index in [1.54, 1.807) is 6.20 Å². The standard InChI is InChI=1S/C25H35N5O3/c1-28(2)25(19-7-4-3-5-8-19)13-11-23(12-14-25)17-29(20-15-26-21(31)27-16-20)22(32)30(23)18-24(33)9-6-10-24/h3-5,7-8,15-16,22,32-33H,6,9-14,17-18H2,1-2H3,(H,26,27,31). The summed E-state index contributed by atoms with van der Waals surface area (Å²) in [5.41, 5.74) is 0.576. The number of β-amino-alcohol motifs (C(OH)–C–C–N with tert-alkyl or cyclic N) is 1. The van der Waals surface area contributed by atoms with E-state index in [-0.39, 0.29) is 11.1 Å². The Morgan fingerprint density at radius 3 is 2.36 bits per heavy atom. The Morgan fingerprint density at radius 1 is 1.12 bits per heavy atom. The molecule has 1 atom stereocenters. The van der Waals surface area contributed by atoms with Crippen LogP contribution in [-0.2, 0) is 5.54 Å². The molecule has 5 rings (SSSR count). The molecule has 1 aliphatic heterocycles. The molecular weight excluding hydrogens is 418 g/mol. The maximum atomic E-state index is 11.5. The molecule has 178 valence electrons. The summed E-state index contributed by atoms with van der Waals surface area (Å²) in [5, 5.41) is 22.5. The molecule has 8 nitrogen and oxygen atoms in total. The highest BCUT2D eigenvalue weighted by atomic mass is 16.3. The zero-order chi connectivity index (χ0) is 23.3. The van der Waals surface area contributed by atoms with Crippen LogP contribution in [0.3, 0.4) is 0 Å². The molecule has 3 fully saturated rings. The number of aromatic nitrogens is 2. The zero-order valence-electron chi connectivity index (χ0n) is 19.6. The van der Waals surface area contributed by atoms with E-state index in [1.807, 2.05) is 4.90 Å². The van der Waals surface area contributed by atoms with Crippen LogP contribution in [0.25, 0.3) is 0 Å². The minimum absolute atomic E-state index is 0.0521. The van der Waals surface area contributed by atoms with Crippen LogP contribution in [0.2, 0.25) is 0 Å². The fraction of sp³-hybridized carbons (Fsp3) is 0.600. The molecule has 3 N–H and O–H groups in total. The smallest absolute Gasteiger partial charge is 0.345 e. The summed E-state index contributed by atoms with van der Waals surface area (Å²) >= 11 is 0. The Balaban J connectivity index is 1.46. The molecule has 0 bridgehead atoms. The van der Waals surface area contributed by atoms with Gasteiger partial charge in [-0.3, -0.25) is 9.80 Å². The summed E-state index contributed by atoms with van der Waals surface area (Å²) in [5.74, 6) is 0. The monoisotopic (exact) mass is 453 g/mol. The van der Waals surface area contributed by atoms with Crippen molar-refractivity contribution >= 4 is 5.69 Å². The number of nitrogens with one attached hydrogen (secondary N) is 1. The second-order valence-electron chi connectivity index (χ2n) is 10.5. The number of nitrogens with zero attached hydrogens (tertiary/aromatic N) is 4. The van der Waals surface area contributed by atoms with Crippen molar-refractivity contribution in [3.63, 3.8) is 0 Å². The van der Waals surface area contributed by atoms with Gasteiger partial charge in [-0.25, -0.2) is 4.79 Å². The van der Waals surface area contributed by atoms with Crippen molar-refractivity contribution in [3.05, 3.63) is 58.8 Å². The Morgan fingerprint density at radius 2 is 1.82 bits per heavy atom. The van der Waals surface area contributed by atoms with Crippen LogP contribution in [0.5, 0.6) is 0 Å². The third-order valence-corrected chi connectivity index (χ3v) is 8.54. The molecular formula is C25H35N5O3. The molecule has 33 heavy (non-hydrogen) atoms. The molecule has 1 aromatic heterocycles. The number of rotatable bonds is 5. The van der Waals surface area contributed by atoms with E-state index in [1.165, 1.54) is 11.8 Å². The predicted octanol–water partition coefficient (Wildman–Crippen LogP) is 1.85. The zero-order valence-corrected chi connectivity index (χ0v) is 19.6. The van der Waals surface area contributed by atoms with Crippen LogP contribution >= 0.6 is 0 Å². The van der Waals surface area contributed by atoms with Gasteiger partial charge in [0.2, 0.25) is 0 Å². The Bertz CT molecular complexity index is 1010. The van der Waals surface area contributed by atoms with Gasteiger partial charge in [0.25, 0.3) is 0 Å². The highest BCUT2D eigenvalue weighted by molar-refractivity contribution is 5.45. The van der Waals surface area contributed by atoms with Gasteiger partial charge >= 0.3 is 5.69 Å². The molecule has 1 spiro atoms. The Labute approximate surface area is 194 Å². The summed E-state index contributed by atoms with van der Waals surface area (Å²) in [7, 11) is 4.31. The van der Waals surface area contributed by atoms with E-state index in [0.29, 0.717) is 18.8 Å². The lowest BCUT2D eigenvalue weighted by atomic mass is 9.67. The van der Waals surface area contributed by atoms with Gasteiger partial charge in [-0.15, -0.1) is 0 Å². The van der Waals surface area contributed by atoms with Crippen LogP contribution in [0.1, 0.15) is 50.5 Å². The number of aliphatic hydroxyl groups excluding tert-OH is 1. The van der Waals surface area contributed by atoms with Gasteiger partial charge in [-0.1, -0.05) is 30.3 Å². The van der Waals surface area contributed by atoms with Gasteiger partial charge in [0.05, 0.1) is 17.5 Å². The Kier molecular flexibility index (Phi) is 5.60. The highest BCUT2D eigenvalue weighted by Gasteiger charge is 2.56. The maximum absolute atomic E-state index is 11.5. The summed E-state index contributed by atoms with van der Waals surface area (Å²) in [6.45, 7) is 1.10. The molecule has 2 saturated carbocycles. The molecule has 8 heteroatoms. The van der Waals surface area contributed by atoms with Gasteiger partial charge in [-0.2, -0.15) is 4.98 Å². The van der Waals surface area contributed by atoms with Gasteiger partial charge in [0.15, 0.2) is 6.35 Å². The minimum Gasteiger partial charge on any atom is -0.389 e. The third kappa shape index (κ3) is 3.79. The van der Waals surface area contributed by atoms with Crippen molar-refractivity contribution < 1.29 is 10.2 Å². The third-order valence-electron chi connectivity index (χ3n) is 8.54. The first-order valence-corrected chi connectivity index (χ1v) is 12.0. The largest absolute Gasteiger partial charge is 0.389 e. The second-order valence-corrected chi connectivity index (χ2v) is 10.5. The van der Waals surface area contributed by atoms with Crippen LogP contribution in [0.4, 0.5) is 5.69 Å². The quantitative estimate of drug-likeness (QED) is 0.636. The number of benzene rings is 1. The van der Waals surface area contributed by atoms with Crippen LogP contribution < -0.4 is 10.6 Å². The molecule has 2 aliphatic carbocycles. The van der Waals surface area contributed by atoms with E-state index in [9.17, 15) is 15.0 Å². The maximum Gasteiger partial charge on any atom is 0.345 e. The highest BCUT2D eigenvalue weighted by Crippen LogP contribution is 2.51. The van der Waals surface area contributed by atoms with E-state index in [2.05, 4.69) is 64.2 Å². The normalized spacial score (nSPS) is 31.8. The van der Waals surface area contributed by atoms with Crippen molar-refractivity contribution in [1.29, 1.82) is 0 Å². The minimum atomic E-state index is -0.870. The average molecular weight is 454 g/mol. The first kappa shape index (κ1) is 22.5. The van der Waals surface area contributed by atoms with E-state index >= 15 is 0 Å². The van der Waals surface area contributed by atoms with Crippen LogP contribution in [0, 0.1) is 0 Å². The number of anilines is 1. The summed E-state index contributed by atoms with van der Waals surface area (Å²) in [6.07, 6.45) is 8.58. The second kappa shape index (κ2) is 8.20. The summed E-state index contributed by atoms with van der Waals surface area (Å²) in [6, 6.07) is 10.7. The predicted molar refractivity (Wildman–Crippen MR) is 127 cm³/mol. The lowest BCUT2D eigenvalue weighted by Crippen LogP contribution is -2.60. The summed E-state index contributed by atoms with van der Waals surface area (Å²) in [4.78, 5) is 24.4. The molecule has 2 aromatic rings. The van der Waals surface area contributed by atoms with Crippen molar-refractivity contribution in [3.8, 4) is 0 Å². The molecule has 3 aliphatic rings. The fourth-order valence-corrected chi connectivity index (χ4v) is 6.25. The van der Waals surface area contributed by atoms with Crippen molar-refractivity contribution in [2.75, 3.05) is 32.1 Å². The number of hydrogen-bond donors (Lipinski definition) is 3. The first-order chi connectivity index (χ1) is 15.8. The van der Waals surface area contributed by atoms with Crippen molar-refractivity contribution in [2.24, 2.45) is 0 Å². The topological polar surface area (TPSA) is 95.9 Å². The first-order valence-electron chi connectivity index (χ1n) is 12.0. The SMILES string of the molecule is CN(C)C1(c2ccccc2)CCC2(CC1)CN(c1cnc(=O)[nH]c1)C(O)N2CC1(O)CCC1. The Hall–Kier alpha value is -2.26. The molecule has 1 saturated heterocycles. The van der Waals surface area contributed by atoms with Gasteiger partial charge in [0.1, 0.15) is 0 Å². The molecule has 0 radical (unpaired) electrons. The fourth-order valence-electron chi connectivity index (χ4n) is 6.25. The van der Waals surface area contributed by atoms with Gasteiger partial charge < -0.3 is 20.1 Å². The average Bonchev–Trinajstić information content (AvgIpc) is 3.06. The molecule has 0 amide bonds. The molecule has 2 heterocycles. The lowest BCUT2D eigenvalue weighted by molar-refractivity contribution is -0.124. The summed E-state index contributed by atoms with van der Waals surface area (Å²) < 4.78 is 0. The number of aliphatic hydroxyl groups is 2. The van der Waals surface area contributed by atoms with Crippen molar-refractivity contribution in [1.82, 2.24) is 19.8 Å². The van der Waals surface area contributed by atoms with E-state index in [4.69, 9.17) is 0 Å². The van der Waals surface area contributed by atoms with Gasteiger partial charge in [-0.05, 0) is 64.6 Å². The number of hydrogen-bond acceptors (Lipinski definition) is 7. The van der Waals surface area contributed by atoms with E-state index in [0.717, 1.165) is 44.9 Å². The van der Waals surface area contributed by atoms with Gasteiger partial charge in [0, 0.05) is 30.4 Å². The van der Waals surface area contributed by atoms with Crippen molar-refractivity contribution in [2.45, 2.75) is 68.0 Å². The van der Waals surface area contributed by atoms with E-state index < -0.39 is 17.6 Å². The number of aromatic amines is 1. The van der Waals surface area contributed by atoms with Crippen LogP contribution in [-0.4, -0.2) is 74.7 Å². The molecule has 1 unspecified atom stereocenters. The number of H-pyrrole nitrogens is 1.